The Kier molecular flexibility index (Phi) is 5.01. The highest BCUT2D eigenvalue weighted by molar-refractivity contribution is 5.66. The summed E-state index contributed by atoms with van der Waals surface area (Å²) in [5.41, 5.74) is 2.56. The van der Waals surface area contributed by atoms with Crippen molar-refractivity contribution in [3.63, 3.8) is 0 Å². The molecule has 0 fully saturated rings. The van der Waals surface area contributed by atoms with Crippen molar-refractivity contribution in [2.24, 2.45) is 0 Å². The molecule has 20 heavy (non-hydrogen) atoms. The van der Waals surface area contributed by atoms with Crippen LogP contribution in [0.25, 0.3) is 0 Å². The van der Waals surface area contributed by atoms with Gasteiger partial charge in [-0.05, 0) is 44.0 Å². The maximum Gasteiger partial charge on any atom is 0.303 e. The quantitative estimate of drug-likeness (QED) is 0.832. The van der Waals surface area contributed by atoms with Gasteiger partial charge in [-0.3, -0.25) is 9.69 Å². The second-order valence-electron chi connectivity index (χ2n) is 5.60. The molecule has 0 spiro atoms. The number of carbonyl (C=O) groups is 1. The van der Waals surface area contributed by atoms with Crippen LogP contribution in [0.5, 0.6) is 5.75 Å². The van der Waals surface area contributed by atoms with Gasteiger partial charge in [0, 0.05) is 25.4 Å². The molecule has 1 N–H and O–H groups in total. The molecule has 2 rings (SSSR count). The number of carboxylic acids is 1. The van der Waals surface area contributed by atoms with Crippen molar-refractivity contribution in [3.05, 3.63) is 29.3 Å². The average molecular weight is 277 g/mol. The summed E-state index contributed by atoms with van der Waals surface area (Å²) in [6, 6.07) is 6.78. The number of hydrogen-bond acceptors (Lipinski definition) is 3. The zero-order chi connectivity index (χ0) is 14.5. The predicted molar refractivity (Wildman–Crippen MR) is 78.1 cm³/mol. The Balaban J connectivity index is 1.95. The first-order valence-electron chi connectivity index (χ1n) is 7.26. The van der Waals surface area contributed by atoms with E-state index in [0.717, 1.165) is 31.9 Å². The number of ether oxygens (including phenoxy) is 1. The highest BCUT2D eigenvalue weighted by atomic mass is 16.5. The van der Waals surface area contributed by atoms with Crippen LogP contribution < -0.4 is 4.74 Å². The van der Waals surface area contributed by atoms with Crippen LogP contribution in [0.3, 0.4) is 0 Å². The molecule has 0 radical (unpaired) electrons. The van der Waals surface area contributed by atoms with Gasteiger partial charge < -0.3 is 9.84 Å². The molecule has 4 nitrogen and oxygen atoms in total. The Labute approximate surface area is 120 Å². The van der Waals surface area contributed by atoms with Crippen molar-refractivity contribution in [2.75, 3.05) is 13.2 Å². The van der Waals surface area contributed by atoms with Gasteiger partial charge in [0.1, 0.15) is 5.75 Å². The van der Waals surface area contributed by atoms with Gasteiger partial charge in [-0.1, -0.05) is 12.1 Å². The number of nitrogens with zero attached hydrogens (tertiary/aromatic N) is 1. The molecular weight excluding hydrogens is 254 g/mol. The number of carboxylic acid groups (broad SMARTS) is 1. The smallest absolute Gasteiger partial charge is 0.303 e. The Bertz CT molecular complexity index is 471. The molecule has 0 atom stereocenters. The average Bonchev–Trinajstić information content (AvgIpc) is 2.84. The minimum absolute atomic E-state index is 0.237. The third-order valence-corrected chi connectivity index (χ3v) is 3.71. The third-order valence-electron chi connectivity index (χ3n) is 3.71. The normalized spacial score (nSPS) is 13.6. The molecule has 4 heteroatoms. The summed E-state index contributed by atoms with van der Waals surface area (Å²) in [6.07, 6.45) is 1.92. The van der Waals surface area contributed by atoms with E-state index >= 15 is 0 Å². The van der Waals surface area contributed by atoms with E-state index in [1.54, 1.807) is 0 Å². The molecule has 0 aliphatic carbocycles. The van der Waals surface area contributed by atoms with Gasteiger partial charge in [-0.15, -0.1) is 0 Å². The van der Waals surface area contributed by atoms with Crippen LogP contribution in [0, 0.1) is 0 Å². The van der Waals surface area contributed by atoms with Gasteiger partial charge >= 0.3 is 5.97 Å². The maximum atomic E-state index is 10.6. The van der Waals surface area contributed by atoms with Crippen molar-refractivity contribution in [1.29, 1.82) is 0 Å². The lowest BCUT2D eigenvalue weighted by atomic mass is 10.1. The standard InChI is InChI=1S/C16H23NO3/c1-12(2)17(8-3-4-16(18)19)11-13-5-6-15-14(10-13)7-9-20-15/h5-6,10,12H,3-4,7-9,11H2,1-2H3,(H,18,19). The molecule has 1 aromatic carbocycles. The van der Waals surface area contributed by atoms with E-state index in [-0.39, 0.29) is 6.42 Å². The zero-order valence-electron chi connectivity index (χ0n) is 12.3. The molecule has 1 aromatic rings. The van der Waals surface area contributed by atoms with Gasteiger partial charge in [0.25, 0.3) is 0 Å². The minimum atomic E-state index is -0.719. The van der Waals surface area contributed by atoms with Crippen molar-refractivity contribution in [2.45, 2.75) is 45.7 Å². The molecule has 110 valence electrons. The zero-order valence-corrected chi connectivity index (χ0v) is 12.3. The highest BCUT2D eigenvalue weighted by Gasteiger charge is 2.15. The number of rotatable bonds is 7. The number of aliphatic carboxylic acids is 1. The fourth-order valence-corrected chi connectivity index (χ4v) is 2.53. The van der Waals surface area contributed by atoms with E-state index in [0.29, 0.717) is 12.5 Å². The van der Waals surface area contributed by atoms with Crippen molar-refractivity contribution in [1.82, 2.24) is 4.90 Å². The van der Waals surface area contributed by atoms with E-state index in [1.807, 2.05) is 6.07 Å². The highest BCUT2D eigenvalue weighted by Crippen LogP contribution is 2.26. The van der Waals surface area contributed by atoms with E-state index < -0.39 is 5.97 Å². The Morgan fingerprint density at radius 1 is 1.45 bits per heavy atom. The lowest BCUT2D eigenvalue weighted by Crippen LogP contribution is -2.31. The first-order valence-corrected chi connectivity index (χ1v) is 7.26. The topological polar surface area (TPSA) is 49.8 Å². The summed E-state index contributed by atoms with van der Waals surface area (Å²) in [6.45, 7) is 6.77. The predicted octanol–water partition coefficient (Wildman–Crippen LogP) is 2.70. The first kappa shape index (κ1) is 14.9. The molecular formula is C16H23NO3. The second-order valence-corrected chi connectivity index (χ2v) is 5.60. The van der Waals surface area contributed by atoms with E-state index in [9.17, 15) is 4.79 Å². The lowest BCUT2D eigenvalue weighted by molar-refractivity contribution is -0.137. The lowest BCUT2D eigenvalue weighted by Gasteiger charge is -2.26. The van der Waals surface area contributed by atoms with E-state index in [4.69, 9.17) is 9.84 Å². The van der Waals surface area contributed by atoms with Gasteiger partial charge in [-0.2, -0.15) is 0 Å². The molecule has 1 aliphatic heterocycles. The van der Waals surface area contributed by atoms with Crippen LogP contribution in [0.15, 0.2) is 18.2 Å². The van der Waals surface area contributed by atoms with Crippen molar-refractivity contribution >= 4 is 5.97 Å². The number of fused-ring (bicyclic) bond motifs is 1. The van der Waals surface area contributed by atoms with Gasteiger partial charge in [-0.25, -0.2) is 0 Å². The Morgan fingerprint density at radius 2 is 2.25 bits per heavy atom. The Morgan fingerprint density at radius 3 is 2.95 bits per heavy atom. The summed E-state index contributed by atoms with van der Waals surface area (Å²) in [5.74, 6) is 0.291. The maximum absolute atomic E-state index is 10.6. The molecule has 0 saturated heterocycles. The molecule has 0 bridgehead atoms. The second kappa shape index (κ2) is 6.75. The van der Waals surface area contributed by atoms with Crippen LogP contribution >= 0.6 is 0 Å². The first-order chi connectivity index (χ1) is 9.56. The van der Waals surface area contributed by atoms with Crippen LogP contribution in [0.2, 0.25) is 0 Å². The largest absolute Gasteiger partial charge is 0.493 e. The summed E-state index contributed by atoms with van der Waals surface area (Å²) < 4.78 is 5.52. The molecule has 0 saturated carbocycles. The summed E-state index contributed by atoms with van der Waals surface area (Å²) >= 11 is 0. The fourth-order valence-electron chi connectivity index (χ4n) is 2.53. The van der Waals surface area contributed by atoms with Crippen LogP contribution in [-0.4, -0.2) is 35.2 Å². The molecule has 0 amide bonds. The van der Waals surface area contributed by atoms with Crippen molar-refractivity contribution in [3.8, 4) is 5.75 Å². The van der Waals surface area contributed by atoms with E-state index in [2.05, 4.69) is 30.9 Å². The third kappa shape index (κ3) is 3.97. The molecule has 1 aliphatic rings. The molecule has 0 aromatic heterocycles. The molecule has 1 heterocycles. The molecule has 0 unspecified atom stereocenters. The summed E-state index contributed by atoms with van der Waals surface area (Å²) in [4.78, 5) is 12.9. The Hall–Kier alpha value is -1.55. The van der Waals surface area contributed by atoms with Crippen LogP contribution in [0.1, 0.15) is 37.8 Å². The SMILES string of the molecule is CC(C)N(CCCC(=O)O)Cc1ccc2c(c1)CCO2. The van der Waals surface area contributed by atoms with Crippen LogP contribution in [0.4, 0.5) is 0 Å². The summed E-state index contributed by atoms with van der Waals surface area (Å²) in [5, 5.41) is 8.73. The number of benzene rings is 1. The van der Waals surface area contributed by atoms with Crippen LogP contribution in [-0.2, 0) is 17.8 Å². The number of hydrogen-bond donors (Lipinski definition) is 1. The van der Waals surface area contributed by atoms with Gasteiger partial charge in [0.05, 0.1) is 6.61 Å². The monoisotopic (exact) mass is 277 g/mol. The van der Waals surface area contributed by atoms with Gasteiger partial charge in [0.2, 0.25) is 0 Å². The minimum Gasteiger partial charge on any atom is -0.493 e. The summed E-state index contributed by atoms with van der Waals surface area (Å²) in [7, 11) is 0. The fraction of sp³-hybridized carbons (Fsp3) is 0.562. The van der Waals surface area contributed by atoms with Gasteiger partial charge in [0.15, 0.2) is 0 Å². The van der Waals surface area contributed by atoms with E-state index in [1.165, 1.54) is 11.1 Å². The van der Waals surface area contributed by atoms with Crippen molar-refractivity contribution < 1.29 is 14.6 Å².